The van der Waals surface area contributed by atoms with Gasteiger partial charge in [-0.25, -0.2) is 4.79 Å². The van der Waals surface area contributed by atoms with Crippen LogP contribution in [0, 0.1) is 0 Å². The van der Waals surface area contributed by atoms with E-state index in [1.165, 1.54) is 26.2 Å². The predicted molar refractivity (Wildman–Crippen MR) is 82.3 cm³/mol. The van der Waals surface area contributed by atoms with Crippen LogP contribution in [0.2, 0.25) is 0 Å². The summed E-state index contributed by atoms with van der Waals surface area (Å²) in [6, 6.07) is 4.27. The Morgan fingerprint density at radius 2 is 1.64 bits per heavy atom. The summed E-state index contributed by atoms with van der Waals surface area (Å²) in [5.74, 6) is 1.08. The lowest BCUT2D eigenvalue weighted by atomic mass is 10.1. The molecule has 1 unspecified atom stereocenters. The van der Waals surface area contributed by atoms with Gasteiger partial charge in [-0.3, -0.25) is 4.90 Å². The topological polar surface area (TPSA) is 65.1 Å². The van der Waals surface area contributed by atoms with Gasteiger partial charge in [-0.15, -0.1) is 0 Å². The zero-order valence-corrected chi connectivity index (χ0v) is 13.9. The third-order valence-electron chi connectivity index (χ3n) is 2.94. The normalized spacial score (nSPS) is 12.3. The number of hydrogen-bond donors (Lipinski definition) is 0. The molecule has 0 N–H and O–H groups in total. The maximum Gasteiger partial charge on any atom is 0.410 e. The average molecular weight is 309 g/mol. The van der Waals surface area contributed by atoms with Gasteiger partial charge in [0.1, 0.15) is 29.4 Å². The Balaban J connectivity index is 3.09. The maximum absolute atomic E-state index is 12.1. The highest BCUT2D eigenvalue weighted by Crippen LogP contribution is 2.28. The van der Waals surface area contributed by atoms with E-state index in [-0.39, 0.29) is 0 Å². The van der Waals surface area contributed by atoms with Gasteiger partial charge in [0.25, 0.3) is 0 Å². The number of benzene rings is 1. The van der Waals surface area contributed by atoms with Crippen LogP contribution in [-0.4, -0.2) is 44.1 Å². The third kappa shape index (κ3) is 4.65. The number of ether oxygens (including phenoxy) is 3. The molecule has 1 aromatic rings. The van der Waals surface area contributed by atoms with Crippen molar-refractivity contribution in [1.82, 2.24) is 4.90 Å². The maximum atomic E-state index is 12.1. The first-order valence-electron chi connectivity index (χ1n) is 6.86. The van der Waals surface area contributed by atoms with E-state index in [0.717, 1.165) is 0 Å². The molecular formula is C16H23NO5. The fraction of sp³-hybridized carbons (Fsp3) is 0.500. The van der Waals surface area contributed by atoms with Crippen molar-refractivity contribution in [3.05, 3.63) is 23.8 Å². The lowest BCUT2D eigenvalue weighted by molar-refractivity contribution is -0.112. The zero-order chi connectivity index (χ0) is 16.9. The molecule has 1 atom stereocenters. The summed E-state index contributed by atoms with van der Waals surface area (Å²) in [6.07, 6.45) is 0.101. The number of carbonyl (C=O) groups is 2. The highest BCUT2D eigenvalue weighted by Gasteiger charge is 2.26. The van der Waals surface area contributed by atoms with Crippen LogP contribution in [0.5, 0.6) is 11.5 Å². The standard InChI is InChI=1S/C16H23NO5/c1-16(2,3)22-15(19)17(4)14(10-18)11-7-12(20-5)9-13(8-11)21-6/h7-10,14H,1-6H3. The first-order chi connectivity index (χ1) is 10.2. The lowest BCUT2D eigenvalue weighted by Crippen LogP contribution is -2.37. The third-order valence-corrected chi connectivity index (χ3v) is 2.94. The minimum atomic E-state index is -0.793. The SMILES string of the molecule is COc1cc(OC)cc(C(C=O)N(C)C(=O)OC(C)(C)C)c1. The van der Waals surface area contributed by atoms with Gasteiger partial charge in [0.05, 0.1) is 14.2 Å². The largest absolute Gasteiger partial charge is 0.497 e. The van der Waals surface area contributed by atoms with Crippen molar-refractivity contribution in [3.63, 3.8) is 0 Å². The van der Waals surface area contributed by atoms with E-state index in [0.29, 0.717) is 23.3 Å². The molecule has 0 aliphatic carbocycles. The molecule has 22 heavy (non-hydrogen) atoms. The van der Waals surface area contributed by atoms with Crippen LogP contribution in [0.3, 0.4) is 0 Å². The van der Waals surface area contributed by atoms with Gasteiger partial charge in [0.15, 0.2) is 0 Å². The van der Waals surface area contributed by atoms with Crippen LogP contribution in [0.25, 0.3) is 0 Å². The molecule has 6 heteroatoms. The second-order valence-corrected chi connectivity index (χ2v) is 5.82. The second-order valence-electron chi connectivity index (χ2n) is 5.82. The Morgan fingerprint density at radius 3 is 2.00 bits per heavy atom. The molecule has 0 fully saturated rings. The summed E-state index contributed by atoms with van der Waals surface area (Å²) < 4.78 is 15.6. The van der Waals surface area contributed by atoms with Gasteiger partial charge in [-0.2, -0.15) is 0 Å². The second kappa shape index (κ2) is 7.15. The van der Waals surface area contributed by atoms with Crippen molar-refractivity contribution in [1.29, 1.82) is 0 Å². The molecule has 1 amide bonds. The molecule has 122 valence electrons. The molecule has 0 spiro atoms. The molecule has 1 aromatic carbocycles. The van der Waals surface area contributed by atoms with Crippen LogP contribution in [-0.2, 0) is 9.53 Å². The Bertz CT molecular complexity index is 514. The molecule has 1 rings (SSSR count). The summed E-state index contributed by atoms with van der Waals surface area (Å²) in [6.45, 7) is 5.30. The van der Waals surface area contributed by atoms with Crippen LogP contribution < -0.4 is 9.47 Å². The first-order valence-corrected chi connectivity index (χ1v) is 6.86. The van der Waals surface area contributed by atoms with Crippen LogP contribution >= 0.6 is 0 Å². The summed E-state index contributed by atoms with van der Waals surface area (Å²) in [7, 11) is 4.55. The smallest absolute Gasteiger partial charge is 0.410 e. The summed E-state index contributed by atoms with van der Waals surface area (Å²) in [5, 5.41) is 0. The van der Waals surface area contributed by atoms with Gasteiger partial charge in [-0.05, 0) is 38.5 Å². The number of aldehydes is 1. The zero-order valence-electron chi connectivity index (χ0n) is 13.9. The molecule has 0 saturated heterocycles. The number of hydrogen-bond acceptors (Lipinski definition) is 5. The average Bonchev–Trinajstić information content (AvgIpc) is 2.45. The van der Waals surface area contributed by atoms with Gasteiger partial charge in [0, 0.05) is 13.1 Å². The van der Waals surface area contributed by atoms with Gasteiger partial charge >= 0.3 is 6.09 Å². The van der Waals surface area contributed by atoms with Crippen molar-refractivity contribution in [2.24, 2.45) is 0 Å². The van der Waals surface area contributed by atoms with E-state index in [4.69, 9.17) is 14.2 Å². The summed E-state index contributed by atoms with van der Waals surface area (Å²) in [5.41, 5.74) is -0.0512. The molecule has 0 aromatic heterocycles. The monoisotopic (exact) mass is 309 g/mol. The van der Waals surface area contributed by atoms with Crippen molar-refractivity contribution in [3.8, 4) is 11.5 Å². The Hall–Kier alpha value is -2.24. The highest BCUT2D eigenvalue weighted by molar-refractivity contribution is 5.75. The lowest BCUT2D eigenvalue weighted by Gasteiger charge is -2.28. The minimum Gasteiger partial charge on any atom is -0.497 e. The van der Waals surface area contributed by atoms with Crippen LogP contribution in [0.15, 0.2) is 18.2 Å². The summed E-state index contributed by atoms with van der Waals surface area (Å²) >= 11 is 0. The Morgan fingerprint density at radius 1 is 1.14 bits per heavy atom. The van der Waals surface area contributed by atoms with Gasteiger partial charge in [-0.1, -0.05) is 0 Å². The molecular weight excluding hydrogens is 286 g/mol. The molecule has 0 radical (unpaired) electrons. The molecule has 0 aliphatic heterocycles. The van der Waals surface area contributed by atoms with Crippen molar-refractivity contribution in [2.75, 3.05) is 21.3 Å². The fourth-order valence-corrected chi connectivity index (χ4v) is 1.84. The van der Waals surface area contributed by atoms with Gasteiger partial charge < -0.3 is 19.0 Å². The van der Waals surface area contributed by atoms with Crippen molar-refractivity contribution < 1.29 is 23.8 Å². The molecule has 6 nitrogen and oxygen atoms in total. The Labute approximate surface area is 131 Å². The van der Waals surface area contributed by atoms with E-state index in [2.05, 4.69) is 0 Å². The predicted octanol–water partition coefficient (Wildman–Crippen LogP) is 2.81. The molecule has 0 heterocycles. The van der Waals surface area contributed by atoms with E-state index in [1.807, 2.05) is 0 Å². The fourth-order valence-electron chi connectivity index (χ4n) is 1.84. The first kappa shape index (κ1) is 17.8. The van der Waals surface area contributed by atoms with Gasteiger partial charge in [0.2, 0.25) is 0 Å². The number of rotatable bonds is 5. The summed E-state index contributed by atoms with van der Waals surface area (Å²) in [4.78, 5) is 24.9. The number of carbonyl (C=O) groups excluding carboxylic acids is 2. The quantitative estimate of drug-likeness (QED) is 0.783. The van der Waals surface area contributed by atoms with E-state index < -0.39 is 17.7 Å². The van der Waals surface area contributed by atoms with E-state index in [9.17, 15) is 9.59 Å². The molecule has 0 aliphatic rings. The number of nitrogens with zero attached hydrogens (tertiary/aromatic N) is 1. The number of likely N-dealkylation sites (N-methyl/N-ethyl adjacent to an activating group) is 1. The van der Waals surface area contributed by atoms with Crippen molar-refractivity contribution >= 4 is 12.4 Å². The van der Waals surface area contributed by atoms with Crippen LogP contribution in [0.1, 0.15) is 32.4 Å². The van der Waals surface area contributed by atoms with E-state index >= 15 is 0 Å². The Kier molecular flexibility index (Phi) is 5.79. The van der Waals surface area contributed by atoms with Crippen LogP contribution in [0.4, 0.5) is 4.79 Å². The highest BCUT2D eigenvalue weighted by atomic mass is 16.6. The minimum absolute atomic E-state index is 0.541. The molecule has 0 bridgehead atoms. The van der Waals surface area contributed by atoms with E-state index in [1.54, 1.807) is 39.0 Å². The molecule has 0 saturated carbocycles. The number of amides is 1. The number of methoxy groups -OCH3 is 2. The van der Waals surface area contributed by atoms with Crippen molar-refractivity contribution in [2.45, 2.75) is 32.4 Å².